The molecule has 1 heterocycles. The Morgan fingerprint density at radius 1 is 0.923 bits per heavy atom. The van der Waals surface area contributed by atoms with Crippen LogP contribution >= 0.6 is 0 Å². The van der Waals surface area contributed by atoms with E-state index in [2.05, 4.69) is 12.1 Å². The third kappa shape index (κ3) is 2.96. The molecule has 0 fully saturated rings. The molecule has 0 unspecified atom stereocenters. The third-order valence-corrected chi connectivity index (χ3v) is 4.34. The van der Waals surface area contributed by atoms with E-state index < -0.39 is 5.91 Å². The molecule has 0 atom stereocenters. The fraction of sp³-hybridized carbons (Fsp3) is 0.0476. The van der Waals surface area contributed by atoms with Gasteiger partial charge >= 0.3 is 0 Å². The fourth-order valence-electron chi connectivity index (χ4n) is 3.10. The summed E-state index contributed by atoms with van der Waals surface area (Å²) in [6.07, 6.45) is 0. The first-order chi connectivity index (χ1) is 12.8. The van der Waals surface area contributed by atoms with Crippen molar-refractivity contribution in [1.29, 1.82) is 0 Å². The van der Waals surface area contributed by atoms with Crippen LogP contribution in [0.3, 0.4) is 0 Å². The Bertz CT molecular complexity index is 1050. The summed E-state index contributed by atoms with van der Waals surface area (Å²) in [5.41, 5.74) is 6.10. The van der Waals surface area contributed by atoms with E-state index in [1.54, 1.807) is 17.6 Å². The van der Waals surface area contributed by atoms with Crippen LogP contribution in [0.4, 0.5) is 0 Å². The number of aromatic nitrogens is 2. The van der Waals surface area contributed by atoms with Crippen molar-refractivity contribution in [3.63, 3.8) is 0 Å². The summed E-state index contributed by atoms with van der Waals surface area (Å²) < 4.78 is 1.99. The van der Waals surface area contributed by atoms with E-state index in [0.29, 0.717) is 12.1 Å². The number of carbonyl (C=O) groups is 1. The van der Waals surface area contributed by atoms with E-state index in [9.17, 15) is 4.79 Å². The number of fused-ring (bicyclic) bond motifs is 1. The Morgan fingerprint density at radius 2 is 1.62 bits per heavy atom. The Morgan fingerprint density at radius 3 is 2.35 bits per heavy atom. The maximum Gasteiger partial charge on any atom is 0.274 e. The Kier molecular flexibility index (Phi) is 4.21. The molecule has 26 heavy (non-hydrogen) atoms. The van der Waals surface area contributed by atoms with E-state index in [1.807, 2.05) is 59.3 Å². The summed E-state index contributed by atoms with van der Waals surface area (Å²) >= 11 is 0. The Balaban J connectivity index is 1.82. The molecule has 3 aromatic carbocycles. The number of hydroxylamine groups is 1. The number of benzene rings is 3. The number of hydrogen-bond acceptors (Lipinski definition) is 3. The predicted molar refractivity (Wildman–Crippen MR) is 100.0 cm³/mol. The number of carbonyl (C=O) groups excluding carboxylic acids is 1. The maximum atomic E-state index is 11.6. The molecule has 2 N–H and O–H groups in total. The quantitative estimate of drug-likeness (QED) is 0.437. The molecule has 0 aliphatic heterocycles. The van der Waals surface area contributed by atoms with Gasteiger partial charge in [-0.25, -0.2) is 5.48 Å². The van der Waals surface area contributed by atoms with Crippen molar-refractivity contribution in [2.45, 2.75) is 6.54 Å². The topological polar surface area (TPSA) is 67.2 Å². The average Bonchev–Trinajstić information content (AvgIpc) is 3.06. The van der Waals surface area contributed by atoms with Crippen LogP contribution in [0, 0.1) is 0 Å². The second-order valence-electron chi connectivity index (χ2n) is 6.03. The molecule has 0 spiro atoms. The van der Waals surface area contributed by atoms with Crippen molar-refractivity contribution in [3.8, 4) is 11.3 Å². The lowest BCUT2D eigenvalue weighted by Crippen LogP contribution is -2.18. The zero-order chi connectivity index (χ0) is 17.9. The molecule has 5 heteroatoms. The van der Waals surface area contributed by atoms with Gasteiger partial charge in [-0.1, -0.05) is 60.7 Å². The minimum Gasteiger partial charge on any atom is -0.288 e. The van der Waals surface area contributed by atoms with Crippen LogP contribution in [0.2, 0.25) is 0 Å². The van der Waals surface area contributed by atoms with Gasteiger partial charge in [-0.15, -0.1) is 0 Å². The van der Waals surface area contributed by atoms with Gasteiger partial charge in [0.1, 0.15) is 0 Å². The van der Waals surface area contributed by atoms with Crippen LogP contribution in [0.1, 0.15) is 15.9 Å². The van der Waals surface area contributed by atoms with E-state index >= 15 is 0 Å². The monoisotopic (exact) mass is 343 g/mol. The molecule has 1 aromatic heterocycles. The van der Waals surface area contributed by atoms with Crippen molar-refractivity contribution in [2.75, 3.05) is 0 Å². The Hall–Kier alpha value is -3.44. The number of nitrogens with zero attached hydrogens (tertiary/aromatic N) is 2. The van der Waals surface area contributed by atoms with Gasteiger partial charge in [0.25, 0.3) is 5.91 Å². The zero-order valence-electron chi connectivity index (χ0n) is 14.0. The second kappa shape index (κ2) is 6.82. The van der Waals surface area contributed by atoms with Crippen molar-refractivity contribution < 1.29 is 10.0 Å². The van der Waals surface area contributed by atoms with Crippen molar-refractivity contribution in [1.82, 2.24) is 15.3 Å². The summed E-state index contributed by atoms with van der Waals surface area (Å²) in [5.74, 6) is -0.529. The third-order valence-electron chi connectivity index (χ3n) is 4.34. The van der Waals surface area contributed by atoms with Crippen LogP contribution < -0.4 is 5.48 Å². The molecule has 0 saturated heterocycles. The molecule has 128 valence electrons. The summed E-state index contributed by atoms with van der Waals surface area (Å²) in [4.78, 5) is 11.6. The van der Waals surface area contributed by atoms with Crippen LogP contribution in [0.15, 0.2) is 78.9 Å². The summed E-state index contributed by atoms with van der Waals surface area (Å²) in [7, 11) is 0. The highest BCUT2D eigenvalue weighted by Gasteiger charge is 2.14. The molecule has 4 rings (SSSR count). The maximum absolute atomic E-state index is 11.6. The molecule has 1 amide bonds. The summed E-state index contributed by atoms with van der Waals surface area (Å²) in [5, 5.41) is 14.6. The van der Waals surface area contributed by atoms with Gasteiger partial charge in [0.15, 0.2) is 0 Å². The first-order valence-corrected chi connectivity index (χ1v) is 8.30. The molecule has 0 radical (unpaired) electrons. The predicted octanol–water partition coefficient (Wildman–Crippen LogP) is 3.87. The highest BCUT2D eigenvalue weighted by Crippen LogP contribution is 2.29. The van der Waals surface area contributed by atoms with Gasteiger partial charge in [-0.2, -0.15) is 5.10 Å². The van der Waals surface area contributed by atoms with Crippen LogP contribution in [0.25, 0.3) is 22.2 Å². The van der Waals surface area contributed by atoms with Crippen molar-refractivity contribution in [2.24, 2.45) is 0 Å². The van der Waals surface area contributed by atoms with Gasteiger partial charge in [-0.3, -0.25) is 14.7 Å². The first kappa shape index (κ1) is 16.1. The molecule has 0 saturated carbocycles. The molecule has 4 aromatic rings. The largest absolute Gasteiger partial charge is 0.288 e. The van der Waals surface area contributed by atoms with E-state index in [4.69, 9.17) is 10.3 Å². The molecule has 5 nitrogen and oxygen atoms in total. The van der Waals surface area contributed by atoms with Crippen molar-refractivity contribution in [3.05, 3.63) is 90.0 Å². The second-order valence-corrected chi connectivity index (χ2v) is 6.03. The summed E-state index contributed by atoms with van der Waals surface area (Å²) in [6, 6.07) is 25.3. The van der Waals surface area contributed by atoms with Gasteiger partial charge in [-0.05, 0) is 23.8 Å². The van der Waals surface area contributed by atoms with Crippen LogP contribution in [0.5, 0.6) is 0 Å². The number of amides is 1. The first-order valence-electron chi connectivity index (χ1n) is 8.30. The van der Waals surface area contributed by atoms with E-state index in [1.165, 1.54) is 0 Å². The zero-order valence-corrected chi connectivity index (χ0v) is 14.0. The van der Waals surface area contributed by atoms with Crippen LogP contribution in [-0.2, 0) is 6.54 Å². The van der Waals surface area contributed by atoms with E-state index in [0.717, 1.165) is 27.7 Å². The van der Waals surface area contributed by atoms with Gasteiger partial charge in [0.2, 0.25) is 0 Å². The molecule has 0 bridgehead atoms. The lowest BCUT2D eigenvalue weighted by atomic mass is 10.0. The minimum atomic E-state index is -0.529. The molecular formula is C21H17N3O2. The SMILES string of the molecule is O=C(NO)c1ccc(-c2c3ccccc3nn2Cc2ccccc2)cc1. The average molecular weight is 343 g/mol. The highest BCUT2D eigenvalue weighted by atomic mass is 16.5. The number of rotatable bonds is 4. The lowest BCUT2D eigenvalue weighted by Gasteiger charge is -2.09. The highest BCUT2D eigenvalue weighted by molar-refractivity contribution is 5.96. The smallest absolute Gasteiger partial charge is 0.274 e. The molecule has 0 aliphatic carbocycles. The standard InChI is InChI=1S/C21H17N3O2/c25-21(23-26)17-12-10-16(11-13-17)20-18-8-4-5-9-19(18)22-24(20)14-15-6-2-1-3-7-15/h1-13,26H,14H2,(H,23,25). The minimum absolute atomic E-state index is 0.398. The normalized spacial score (nSPS) is 10.8. The molecular weight excluding hydrogens is 326 g/mol. The van der Waals surface area contributed by atoms with Crippen LogP contribution in [-0.4, -0.2) is 20.9 Å². The number of nitrogens with one attached hydrogen (secondary N) is 1. The molecule has 0 aliphatic rings. The Labute approximate surface area is 150 Å². The van der Waals surface area contributed by atoms with Gasteiger partial charge < -0.3 is 0 Å². The summed E-state index contributed by atoms with van der Waals surface area (Å²) in [6.45, 7) is 0.656. The lowest BCUT2D eigenvalue weighted by molar-refractivity contribution is 0.0706. The van der Waals surface area contributed by atoms with E-state index in [-0.39, 0.29) is 0 Å². The fourth-order valence-corrected chi connectivity index (χ4v) is 3.10. The van der Waals surface area contributed by atoms with Gasteiger partial charge in [0.05, 0.1) is 17.8 Å². The van der Waals surface area contributed by atoms with Gasteiger partial charge in [0, 0.05) is 16.5 Å². The number of hydrogen-bond donors (Lipinski definition) is 2. The van der Waals surface area contributed by atoms with Crippen molar-refractivity contribution >= 4 is 16.8 Å².